The summed E-state index contributed by atoms with van der Waals surface area (Å²) in [5.41, 5.74) is 1.98. The molecule has 0 bridgehead atoms. The van der Waals surface area contributed by atoms with Crippen molar-refractivity contribution in [1.29, 1.82) is 0 Å². The molecule has 0 aromatic heterocycles. The van der Waals surface area contributed by atoms with Crippen molar-refractivity contribution in [3.63, 3.8) is 0 Å². The Balaban J connectivity index is 2.18. The van der Waals surface area contributed by atoms with Crippen molar-refractivity contribution in [3.05, 3.63) is 71.3 Å². The van der Waals surface area contributed by atoms with Gasteiger partial charge in [0.25, 0.3) is 0 Å². The van der Waals surface area contributed by atoms with E-state index in [1.165, 1.54) is 0 Å². The van der Waals surface area contributed by atoms with E-state index in [4.69, 9.17) is 4.74 Å². The Labute approximate surface area is 128 Å². The maximum Gasteiger partial charge on any atom is 0.193 e. The van der Waals surface area contributed by atoms with Gasteiger partial charge in [0.1, 0.15) is 11.5 Å². The predicted molar refractivity (Wildman–Crippen MR) is 86.8 cm³/mol. The van der Waals surface area contributed by atoms with Crippen LogP contribution in [-0.2, 0) is 0 Å². The molecule has 0 spiro atoms. The van der Waals surface area contributed by atoms with Gasteiger partial charge in [-0.15, -0.1) is 0 Å². The van der Waals surface area contributed by atoms with Crippen molar-refractivity contribution >= 4 is 16.6 Å². The fourth-order valence-electron chi connectivity index (χ4n) is 2.68. The number of carbonyl (C=O) groups is 1. The minimum atomic E-state index is -0.0589. The molecule has 1 N–H and O–H groups in total. The normalized spacial score (nSPS) is 10.6. The van der Waals surface area contributed by atoms with Gasteiger partial charge in [-0.25, -0.2) is 0 Å². The molecule has 0 unspecified atom stereocenters. The van der Waals surface area contributed by atoms with Crippen LogP contribution in [0.4, 0.5) is 0 Å². The third-order valence-corrected chi connectivity index (χ3v) is 3.80. The van der Waals surface area contributed by atoms with Crippen LogP contribution in [0.3, 0.4) is 0 Å². The first-order valence-electron chi connectivity index (χ1n) is 7.02. The van der Waals surface area contributed by atoms with Crippen molar-refractivity contribution in [2.75, 3.05) is 7.11 Å². The molecule has 0 saturated heterocycles. The Kier molecular flexibility index (Phi) is 3.55. The second kappa shape index (κ2) is 5.53. The van der Waals surface area contributed by atoms with E-state index < -0.39 is 0 Å². The van der Waals surface area contributed by atoms with Gasteiger partial charge in [-0.1, -0.05) is 24.3 Å². The van der Waals surface area contributed by atoms with Gasteiger partial charge in [0.2, 0.25) is 0 Å². The van der Waals surface area contributed by atoms with E-state index in [-0.39, 0.29) is 11.5 Å². The number of fused-ring (bicyclic) bond motifs is 1. The van der Waals surface area contributed by atoms with Gasteiger partial charge >= 0.3 is 0 Å². The first kappa shape index (κ1) is 14.1. The van der Waals surface area contributed by atoms with E-state index in [0.717, 1.165) is 10.9 Å². The third-order valence-electron chi connectivity index (χ3n) is 3.80. The zero-order chi connectivity index (χ0) is 15.7. The molecule has 22 heavy (non-hydrogen) atoms. The van der Waals surface area contributed by atoms with E-state index in [9.17, 15) is 9.90 Å². The van der Waals surface area contributed by atoms with Gasteiger partial charge in [0.05, 0.1) is 7.11 Å². The number of benzene rings is 3. The third kappa shape index (κ3) is 2.31. The van der Waals surface area contributed by atoms with E-state index >= 15 is 0 Å². The lowest BCUT2D eigenvalue weighted by Crippen LogP contribution is -2.05. The summed E-state index contributed by atoms with van der Waals surface area (Å²) in [6.07, 6.45) is 0. The molecule has 0 atom stereocenters. The lowest BCUT2D eigenvalue weighted by Gasteiger charge is -2.11. The summed E-state index contributed by atoms with van der Waals surface area (Å²) in [6.45, 7) is 1.84. The Morgan fingerprint density at radius 1 is 1.00 bits per heavy atom. The number of phenolic OH excluding ortho intramolecular Hbond substituents is 1. The number of methoxy groups -OCH3 is 1. The summed E-state index contributed by atoms with van der Waals surface area (Å²) in [6, 6.07) is 16.1. The molecule has 3 nitrogen and oxygen atoms in total. The van der Waals surface area contributed by atoms with E-state index in [2.05, 4.69) is 0 Å². The first-order valence-corrected chi connectivity index (χ1v) is 7.02. The van der Waals surface area contributed by atoms with Crippen LogP contribution in [0.25, 0.3) is 10.8 Å². The average molecular weight is 292 g/mol. The minimum Gasteiger partial charge on any atom is -0.507 e. The molecular weight excluding hydrogens is 276 g/mol. The van der Waals surface area contributed by atoms with Crippen LogP contribution in [0.1, 0.15) is 21.5 Å². The number of carbonyl (C=O) groups excluding carboxylic acids is 1. The zero-order valence-corrected chi connectivity index (χ0v) is 12.5. The van der Waals surface area contributed by atoms with E-state index in [0.29, 0.717) is 22.3 Å². The van der Waals surface area contributed by atoms with Gasteiger partial charge in [0.15, 0.2) is 5.78 Å². The maximum atomic E-state index is 12.9. The number of phenols is 1. The van der Waals surface area contributed by atoms with Gasteiger partial charge in [0, 0.05) is 16.5 Å². The SMILES string of the molecule is COc1ccc(C(=O)c2c(C)cc(O)c3ccccc23)cc1. The number of aromatic hydroxyl groups is 1. The Morgan fingerprint density at radius 3 is 2.27 bits per heavy atom. The second-order valence-corrected chi connectivity index (χ2v) is 5.19. The van der Waals surface area contributed by atoms with E-state index in [1.807, 2.05) is 31.2 Å². The van der Waals surface area contributed by atoms with Crippen LogP contribution in [0.5, 0.6) is 11.5 Å². The van der Waals surface area contributed by atoms with Crippen LogP contribution in [0, 0.1) is 6.92 Å². The predicted octanol–water partition coefficient (Wildman–Crippen LogP) is 4.09. The molecule has 3 heteroatoms. The molecule has 110 valence electrons. The molecule has 3 aromatic rings. The highest BCUT2D eigenvalue weighted by atomic mass is 16.5. The molecule has 0 fully saturated rings. The standard InChI is InChI=1S/C19H16O3/c1-12-11-17(20)15-5-3-4-6-16(15)18(12)19(21)13-7-9-14(22-2)10-8-13/h3-11,20H,1-2H3. The van der Waals surface area contributed by atoms with Crippen molar-refractivity contribution in [2.24, 2.45) is 0 Å². The summed E-state index contributed by atoms with van der Waals surface area (Å²) in [5, 5.41) is 11.5. The van der Waals surface area contributed by atoms with Crippen molar-refractivity contribution in [3.8, 4) is 11.5 Å². The molecule has 0 aliphatic carbocycles. The number of hydrogen-bond acceptors (Lipinski definition) is 3. The molecule has 0 amide bonds. The number of ketones is 1. The maximum absolute atomic E-state index is 12.9. The van der Waals surface area contributed by atoms with Gasteiger partial charge in [-0.3, -0.25) is 4.79 Å². The molecule has 0 aliphatic rings. The Morgan fingerprint density at radius 2 is 1.64 bits per heavy atom. The number of hydrogen-bond donors (Lipinski definition) is 1. The summed E-state index contributed by atoms with van der Waals surface area (Å²) in [7, 11) is 1.59. The Hall–Kier alpha value is -2.81. The fourth-order valence-corrected chi connectivity index (χ4v) is 2.68. The second-order valence-electron chi connectivity index (χ2n) is 5.19. The average Bonchev–Trinajstić information content (AvgIpc) is 2.55. The highest BCUT2D eigenvalue weighted by Gasteiger charge is 2.17. The van der Waals surface area contributed by atoms with Crippen molar-refractivity contribution < 1.29 is 14.6 Å². The van der Waals surface area contributed by atoms with Crippen LogP contribution in [-0.4, -0.2) is 18.0 Å². The molecule has 0 aliphatic heterocycles. The van der Waals surface area contributed by atoms with E-state index in [1.54, 1.807) is 37.4 Å². The van der Waals surface area contributed by atoms with Crippen LogP contribution in [0.2, 0.25) is 0 Å². The highest BCUT2D eigenvalue weighted by molar-refractivity contribution is 6.18. The topological polar surface area (TPSA) is 46.5 Å². The van der Waals surface area contributed by atoms with Gasteiger partial charge < -0.3 is 9.84 Å². The smallest absolute Gasteiger partial charge is 0.193 e. The zero-order valence-electron chi connectivity index (χ0n) is 12.5. The lowest BCUT2D eigenvalue weighted by molar-refractivity contribution is 0.103. The van der Waals surface area contributed by atoms with Crippen molar-refractivity contribution in [2.45, 2.75) is 6.92 Å². The molecule has 0 saturated carbocycles. The Bertz CT molecular complexity index is 848. The van der Waals surface area contributed by atoms with Crippen LogP contribution < -0.4 is 4.74 Å². The summed E-state index contributed by atoms with van der Waals surface area (Å²) in [5.74, 6) is 0.847. The molecule has 0 heterocycles. The molecular formula is C19H16O3. The number of ether oxygens (including phenoxy) is 1. The number of aryl methyl sites for hydroxylation is 1. The minimum absolute atomic E-state index is 0.0589. The first-order chi connectivity index (χ1) is 10.6. The lowest BCUT2D eigenvalue weighted by atomic mass is 9.93. The molecule has 0 radical (unpaired) electrons. The van der Waals surface area contributed by atoms with Crippen molar-refractivity contribution in [1.82, 2.24) is 0 Å². The van der Waals surface area contributed by atoms with Gasteiger partial charge in [-0.2, -0.15) is 0 Å². The summed E-state index contributed by atoms with van der Waals surface area (Å²) in [4.78, 5) is 12.9. The summed E-state index contributed by atoms with van der Waals surface area (Å²) < 4.78 is 5.12. The quantitative estimate of drug-likeness (QED) is 0.739. The van der Waals surface area contributed by atoms with Crippen LogP contribution in [0.15, 0.2) is 54.6 Å². The van der Waals surface area contributed by atoms with Gasteiger partial charge in [-0.05, 0) is 48.2 Å². The summed E-state index contributed by atoms with van der Waals surface area (Å²) >= 11 is 0. The van der Waals surface area contributed by atoms with Crippen LogP contribution >= 0.6 is 0 Å². The molecule has 3 aromatic carbocycles. The monoisotopic (exact) mass is 292 g/mol. The number of rotatable bonds is 3. The fraction of sp³-hybridized carbons (Fsp3) is 0.105. The largest absolute Gasteiger partial charge is 0.507 e. The highest BCUT2D eigenvalue weighted by Crippen LogP contribution is 2.32. The molecule has 3 rings (SSSR count).